The van der Waals surface area contributed by atoms with Crippen molar-refractivity contribution in [3.63, 3.8) is 0 Å². The number of aromatic nitrogens is 1. The molecule has 1 aromatic rings. The number of halogens is 1. The van der Waals surface area contributed by atoms with Crippen LogP contribution in [0.25, 0.3) is 0 Å². The van der Waals surface area contributed by atoms with E-state index in [1.807, 2.05) is 17.0 Å². The summed E-state index contributed by atoms with van der Waals surface area (Å²) in [5.41, 5.74) is 6.61. The maximum absolute atomic E-state index is 12.2. The van der Waals surface area contributed by atoms with Crippen LogP contribution < -0.4 is 5.73 Å². The number of likely N-dealkylation sites (tertiary alicyclic amines) is 1. The summed E-state index contributed by atoms with van der Waals surface area (Å²) in [6.07, 6.45) is 3.94. The van der Waals surface area contributed by atoms with Crippen molar-refractivity contribution in [1.29, 1.82) is 0 Å². The predicted molar refractivity (Wildman–Crippen MR) is 71.6 cm³/mol. The number of nitrogens with two attached hydrogens (primary N) is 1. The Morgan fingerprint density at radius 2 is 2.17 bits per heavy atom. The van der Waals surface area contributed by atoms with Crippen molar-refractivity contribution in [2.45, 2.75) is 18.9 Å². The first-order valence-corrected chi connectivity index (χ1v) is 6.21. The Kier molecular flexibility index (Phi) is 3.88. The summed E-state index contributed by atoms with van der Waals surface area (Å²) < 4.78 is 0. The van der Waals surface area contributed by atoms with Crippen molar-refractivity contribution in [3.8, 4) is 0 Å². The molecule has 3 atom stereocenters. The van der Waals surface area contributed by atoms with Gasteiger partial charge in [-0.05, 0) is 36.8 Å². The molecule has 3 rings (SSSR count). The molecule has 0 radical (unpaired) electrons. The number of fused-ring (bicyclic) bond motifs is 1. The van der Waals surface area contributed by atoms with Gasteiger partial charge in [-0.15, -0.1) is 12.4 Å². The number of carbonyl (C=O) groups excluding carboxylic acids is 1. The molecule has 1 aliphatic carbocycles. The van der Waals surface area contributed by atoms with E-state index < -0.39 is 0 Å². The van der Waals surface area contributed by atoms with Gasteiger partial charge in [0.2, 0.25) is 0 Å². The van der Waals surface area contributed by atoms with Crippen LogP contribution in [0.5, 0.6) is 0 Å². The molecule has 0 spiro atoms. The van der Waals surface area contributed by atoms with Gasteiger partial charge in [0.1, 0.15) is 5.69 Å². The molecule has 0 bridgehead atoms. The van der Waals surface area contributed by atoms with Crippen LogP contribution in [0.2, 0.25) is 0 Å². The number of hydrogen-bond acceptors (Lipinski definition) is 3. The summed E-state index contributed by atoms with van der Waals surface area (Å²) in [5.74, 6) is 1.16. The number of amides is 1. The van der Waals surface area contributed by atoms with E-state index in [1.165, 1.54) is 0 Å². The van der Waals surface area contributed by atoms with Gasteiger partial charge in [-0.25, -0.2) is 0 Å². The molecule has 2 aliphatic rings. The Morgan fingerprint density at radius 1 is 1.33 bits per heavy atom. The third-order valence-electron chi connectivity index (χ3n) is 4.08. The van der Waals surface area contributed by atoms with Crippen LogP contribution in [0, 0.1) is 11.8 Å². The van der Waals surface area contributed by atoms with Gasteiger partial charge in [-0.3, -0.25) is 9.78 Å². The van der Waals surface area contributed by atoms with Crippen molar-refractivity contribution in [1.82, 2.24) is 9.88 Å². The van der Waals surface area contributed by atoms with E-state index in [4.69, 9.17) is 5.73 Å². The predicted octanol–water partition coefficient (Wildman–Crippen LogP) is 1.31. The normalized spacial score (nSPS) is 29.8. The highest BCUT2D eigenvalue weighted by Crippen LogP contribution is 2.37. The minimum absolute atomic E-state index is 0. The minimum Gasteiger partial charge on any atom is -0.337 e. The standard InChI is InChI=1S/C13H17N3O.ClH/c14-11-5-4-9-7-16(8-10(9)11)13(17)12-3-1-2-6-15-12;/h1-3,6,9-11H,4-5,7-8,14H2;1H. The number of pyridine rings is 1. The second kappa shape index (κ2) is 5.24. The molecule has 2 N–H and O–H groups in total. The minimum atomic E-state index is 0. The molecule has 3 unspecified atom stereocenters. The molecule has 18 heavy (non-hydrogen) atoms. The molecular formula is C13H18ClN3O. The van der Waals surface area contributed by atoms with Gasteiger partial charge in [0.25, 0.3) is 5.91 Å². The average Bonchev–Trinajstić information content (AvgIpc) is 2.92. The fourth-order valence-electron chi connectivity index (χ4n) is 3.12. The highest BCUT2D eigenvalue weighted by Gasteiger charge is 2.42. The number of hydrogen-bond donors (Lipinski definition) is 1. The zero-order valence-electron chi connectivity index (χ0n) is 10.2. The van der Waals surface area contributed by atoms with Crippen molar-refractivity contribution in [2.75, 3.05) is 13.1 Å². The van der Waals surface area contributed by atoms with Crippen LogP contribution in [0.3, 0.4) is 0 Å². The zero-order valence-corrected chi connectivity index (χ0v) is 11.0. The summed E-state index contributed by atoms with van der Waals surface area (Å²) in [5, 5.41) is 0. The maximum Gasteiger partial charge on any atom is 0.272 e. The molecule has 98 valence electrons. The van der Waals surface area contributed by atoms with E-state index in [9.17, 15) is 4.79 Å². The van der Waals surface area contributed by atoms with E-state index in [2.05, 4.69) is 4.98 Å². The molecule has 1 saturated carbocycles. The highest BCUT2D eigenvalue weighted by molar-refractivity contribution is 5.92. The Labute approximate surface area is 113 Å². The second-order valence-corrected chi connectivity index (χ2v) is 5.09. The lowest BCUT2D eigenvalue weighted by atomic mass is 9.98. The first-order valence-electron chi connectivity index (χ1n) is 6.21. The number of rotatable bonds is 1. The molecule has 1 aromatic heterocycles. The molecule has 5 heteroatoms. The van der Waals surface area contributed by atoms with Crippen LogP contribution >= 0.6 is 12.4 Å². The molecular weight excluding hydrogens is 250 g/mol. The summed E-state index contributed by atoms with van der Waals surface area (Å²) in [6.45, 7) is 1.66. The lowest BCUT2D eigenvalue weighted by Crippen LogP contribution is -2.33. The van der Waals surface area contributed by atoms with Crippen LogP contribution in [0.1, 0.15) is 23.3 Å². The number of carbonyl (C=O) groups is 1. The zero-order chi connectivity index (χ0) is 11.8. The lowest BCUT2D eigenvalue weighted by molar-refractivity contribution is 0.0774. The van der Waals surface area contributed by atoms with E-state index in [-0.39, 0.29) is 24.4 Å². The maximum atomic E-state index is 12.2. The van der Waals surface area contributed by atoms with E-state index in [1.54, 1.807) is 12.3 Å². The van der Waals surface area contributed by atoms with Crippen LogP contribution in [0.15, 0.2) is 24.4 Å². The molecule has 4 nitrogen and oxygen atoms in total. The van der Waals surface area contributed by atoms with Gasteiger partial charge < -0.3 is 10.6 Å². The fourth-order valence-corrected chi connectivity index (χ4v) is 3.12. The summed E-state index contributed by atoms with van der Waals surface area (Å²) >= 11 is 0. The quantitative estimate of drug-likeness (QED) is 0.835. The van der Waals surface area contributed by atoms with Crippen molar-refractivity contribution < 1.29 is 4.79 Å². The second-order valence-electron chi connectivity index (χ2n) is 5.09. The molecule has 2 fully saturated rings. The Morgan fingerprint density at radius 3 is 2.83 bits per heavy atom. The molecule has 2 heterocycles. The largest absolute Gasteiger partial charge is 0.337 e. The lowest BCUT2D eigenvalue weighted by Gasteiger charge is -2.18. The van der Waals surface area contributed by atoms with E-state index >= 15 is 0 Å². The van der Waals surface area contributed by atoms with Gasteiger partial charge in [0.05, 0.1) is 0 Å². The Balaban J connectivity index is 0.00000120. The highest BCUT2D eigenvalue weighted by atomic mass is 35.5. The van der Waals surface area contributed by atoms with Crippen LogP contribution in [0.4, 0.5) is 0 Å². The molecule has 0 aromatic carbocycles. The van der Waals surface area contributed by atoms with Crippen LogP contribution in [-0.2, 0) is 0 Å². The summed E-state index contributed by atoms with van der Waals surface area (Å²) in [7, 11) is 0. The van der Waals surface area contributed by atoms with Gasteiger partial charge in [0, 0.05) is 25.3 Å². The van der Waals surface area contributed by atoms with E-state index in [0.29, 0.717) is 17.5 Å². The molecule has 1 aliphatic heterocycles. The van der Waals surface area contributed by atoms with Gasteiger partial charge in [0.15, 0.2) is 0 Å². The molecule has 1 amide bonds. The topological polar surface area (TPSA) is 59.2 Å². The SMILES string of the molecule is Cl.NC1CCC2CN(C(=O)c3ccccn3)CC12. The summed E-state index contributed by atoms with van der Waals surface area (Å²) in [4.78, 5) is 18.2. The first-order chi connectivity index (χ1) is 8.25. The first kappa shape index (κ1) is 13.3. The Hall–Kier alpha value is -1.13. The average molecular weight is 268 g/mol. The van der Waals surface area contributed by atoms with Crippen LogP contribution in [-0.4, -0.2) is 34.9 Å². The third-order valence-corrected chi connectivity index (χ3v) is 4.08. The fraction of sp³-hybridized carbons (Fsp3) is 0.538. The summed E-state index contributed by atoms with van der Waals surface area (Å²) in [6, 6.07) is 5.73. The van der Waals surface area contributed by atoms with Gasteiger partial charge >= 0.3 is 0 Å². The van der Waals surface area contributed by atoms with E-state index in [0.717, 1.165) is 25.9 Å². The number of nitrogens with zero attached hydrogens (tertiary/aromatic N) is 2. The van der Waals surface area contributed by atoms with Crippen molar-refractivity contribution >= 4 is 18.3 Å². The van der Waals surface area contributed by atoms with Gasteiger partial charge in [-0.2, -0.15) is 0 Å². The van der Waals surface area contributed by atoms with Crippen molar-refractivity contribution in [3.05, 3.63) is 30.1 Å². The molecule has 1 saturated heterocycles. The monoisotopic (exact) mass is 267 g/mol. The third kappa shape index (κ3) is 2.22. The van der Waals surface area contributed by atoms with Gasteiger partial charge in [-0.1, -0.05) is 6.07 Å². The Bertz CT molecular complexity index is 426. The smallest absolute Gasteiger partial charge is 0.272 e. The van der Waals surface area contributed by atoms with Crippen molar-refractivity contribution in [2.24, 2.45) is 17.6 Å².